The van der Waals surface area contributed by atoms with E-state index in [-0.39, 0.29) is 19.6 Å². The van der Waals surface area contributed by atoms with Crippen molar-refractivity contribution in [2.75, 3.05) is 45.1 Å². The van der Waals surface area contributed by atoms with Gasteiger partial charge in [0.05, 0.1) is 19.6 Å². The first-order valence-electron chi connectivity index (χ1n) is 7.70. The minimum absolute atomic E-state index is 0.0749. The molecule has 0 radical (unpaired) electrons. The molecule has 0 heterocycles. The third kappa shape index (κ3) is 9.37. The number of rotatable bonds is 12. The van der Waals surface area contributed by atoms with Crippen LogP contribution < -0.4 is 0 Å². The highest BCUT2D eigenvalue weighted by Gasteiger charge is 2.34. The standard InChI is InChI=1S/C15H32O2P4S/c1-15(16)22-13-9-7-11-17-10-6-8-12-21(14-18,19(2)3)20(4)5/h14,18H,2,6-13H2,1,3-5H3/q+2. The molecule has 128 valence electrons. The van der Waals surface area contributed by atoms with E-state index < -0.39 is 6.24 Å². The molecule has 2 nitrogen and oxygen atoms in total. The summed E-state index contributed by atoms with van der Waals surface area (Å²) in [4.78, 5) is 10.8. The zero-order valence-corrected chi connectivity index (χ0v) is 19.0. The molecule has 0 aliphatic rings. The smallest absolute Gasteiger partial charge is 0.246 e. The Kier molecular flexibility index (Phi) is 14.0. The summed E-state index contributed by atoms with van der Waals surface area (Å²) >= 11 is 1.41. The maximum Gasteiger partial charge on any atom is 0.246 e. The molecule has 0 amide bonds. The van der Waals surface area contributed by atoms with Crippen molar-refractivity contribution in [3.05, 3.63) is 0 Å². The molecule has 0 spiro atoms. The highest BCUT2D eigenvalue weighted by molar-refractivity contribution is 8.56. The largest absolute Gasteiger partial charge is 0.381 e. The van der Waals surface area contributed by atoms with Crippen LogP contribution in [-0.2, 0) is 9.53 Å². The van der Waals surface area contributed by atoms with Gasteiger partial charge in [-0.25, -0.2) is 0 Å². The van der Waals surface area contributed by atoms with Gasteiger partial charge in [0.15, 0.2) is 5.12 Å². The lowest BCUT2D eigenvalue weighted by Gasteiger charge is -2.09. The van der Waals surface area contributed by atoms with Crippen LogP contribution >= 0.6 is 41.3 Å². The van der Waals surface area contributed by atoms with Gasteiger partial charge in [0, 0.05) is 37.6 Å². The lowest BCUT2D eigenvalue weighted by Crippen LogP contribution is -1.99. The molecule has 22 heavy (non-hydrogen) atoms. The lowest BCUT2D eigenvalue weighted by molar-refractivity contribution is -0.109. The molecule has 0 aliphatic carbocycles. The first-order valence-corrected chi connectivity index (χ1v) is 16.9. The molecule has 7 heteroatoms. The summed E-state index contributed by atoms with van der Waals surface area (Å²) in [7, 11) is 3.68. The molecule has 0 aromatic carbocycles. The average molecular weight is 400 g/mol. The SMILES string of the molecule is C=[P+](C)P(C=P)(CCCCOCCCCSC(C)=O)=[P+](C)C. The molecule has 0 rings (SSSR count). The maximum atomic E-state index is 10.8. The van der Waals surface area contributed by atoms with E-state index in [1.54, 1.807) is 6.92 Å². The van der Waals surface area contributed by atoms with Crippen LogP contribution in [0.2, 0.25) is 0 Å². The second-order valence-electron chi connectivity index (χ2n) is 5.51. The number of carbonyl (C=O) groups is 1. The van der Waals surface area contributed by atoms with Crippen LogP contribution in [0.4, 0.5) is 0 Å². The van der Waals surface area contributed by atoms with E-state index in [0.29, 0.717) is 0 Å². The van der Waals surface area contributed by atoms with Crippen LogP contribution in [0.3, 0.4) is 0 Å². The minimum atomic E-state index is -0.984. The summed E-state index contributed by atoms with van der Waals surface area (Å²) in [6.07, 6.45) is 9.24. The Morgan fingerprint density at radius 1 is 1.23 bits per heavy atom. The van der Waals surface area contributed by atoms with Crippen LogP contribution in [0, 0.1) is 0 Å². The number of ether oxygens (including phenoxy) is 1. The van der Waals surface area contributed by atoms with Gasteiger partial charge in [-0.05, 0) is 25.7 Å². The maximum absolute atomic E-state index is 10.8. The summed E-state index contributed by atoms with van der Waals surface area (Å²) in [5.41, 5.74) is 2.34. The number of hydrogen-bond donors (Lipinski definition) is 0. The Morgan fingerprint density at radius 2 is 1.82 bits per heavy atom. The van der Waals surface area contributed by atoms with Gasteiger partial charge < -0.3 is 4.74 Å². The normalized spacial score (nSPS) is 14.3. The molecule has 0 bridgehead atoms. The van der Waals surface area contributed by atoms with Crippen LogP contribution in [0.1, 0.15) is 32.6 Å². The van der Waals surface area contributed by atoms with Crippen LogP contribution in [0.5, 0.6) is 0 Å². The molecule has 0 saturated carbocycles. The van der Waals surface area contributed by atoms with Gasteiger partial charge in [-0.2, -0.15) is 0 Å². The predicted octanol–water partition coefficient (Wildman–Crippen LogP) is 5.88. The molecule has 2 atom stereocenters. The molecular weight excluding hydrogens is 368 g/mol. The second-order valence-corrected chi connectivity index (χ2v) is 22.5. The zero-order valence-electron chi connectivity index (χ0n) is 14.5. The van der Waals surface area contributed by atoms with E-state index in [4.69, 9.17) is 4.74 Å². The first kappa shape index (κ1) is 23.1. The van der Waals surface area contributed by atoms with Crippen molar-refractivity contribution in [3.63, 3.8) is 0 Å². The van der Waals surface area contributed by atoms with Gasteiger partial charge in [0.2, 0.25) is 6.24 Å². The lowest BCUT2D eigenvalue weighted by atomic mass is 10.3. The van der Waals surface area contributed by atoms with Gasteiger partial charge in [0.25, 0.3) is 0 Å². The van der Waals surface area contributed by atoms with E-state index in [1.807, 2.05) is 0 Å². The van der Waals surface area contributed by atoms with Crippen LogP contribution in [0.15, 0.2) is 0 Å². The van der Waals surface area contributed by atoms with Crippen molar-refractivity contribution >= 4 is 58.3 Å². The van der Waals surface area contributed by atoms with Gasteiger partial charge in [0.1, 0.15) is 21.1 Å². The second kappa shape index (κ2) is 13.4. The summed E-state index contributed by atoms with van der Waals surface area (Å²) in [5.74, 6) is 0.923. The number of thioether (sulfide) groups is 1. The van der Waals surface area contributed by atoms with E-state index in [9.17, 15) is 4.79 Å². The van der Waals surface area contributed by atoms with Gasteiger partial charge in [-0.3, -0.25) is 4.79 Å². The van der Waals surface area contributed by atoms with Crippen molar-refractivity contribution in [2.45, 2.75) is 32.6 Å². The molecule has 0 aromatic heterocycles. The molecule has 0 aliphatic heterocycles. The van der Waals surface area contributed by atoms with E-state index >= 15 is 0 Å². The highest BCUT2D eigenvalue weighted by atomic mass is 32.3. The fraction of sp³-hybridized carbons (Fsp3) is 0.800. The summed E-state index contributed by atoms with van der Waals surface area (Å²) < 4.78 is 5.70. The number of carbonyl (C=O) groups excluding carboxylic acids is 1. The van der Waals surface area contributed by atoms with Crippen molar-refractivity contribution in [3.8, 4) is 0 Å². The van der Waals surface area contributed by atoms with Gasteiger partial charge in [-0.1, -0.05) is 11.8 Å². The van der Waals surface area contributed by atoms with Crippen molar-refractivity contribution < 1.29 is 9.53 Å². The molecule has 0 N–H and O–H groups in total. The Labute approximate surface area is 145 Å². The van der Waals surface area contributed by atoms with E-state index in [0.717, 1.165) is 38.2 Å². The Bertz CT molecular complexity index is 431. The monoisotopic (exact) mass is 400 g/mol. The Morgan fingerprint density at radius 3 is 2.27 bits per heavy atom. The Hall–Kier alpha value is 1.05. The predicted molar refractivity (Wildman–Crippen MR) is 117 cm³/mol. The summed E-state index contributed by atoms with van der Waals surface area (Å²) in [6, 6.07) is 0. The third-order valence-corrected chi connectivity index (χ3v) is 26.6. The first-order chi connectivity index (χ1) is 10.4. The highest BCUT2D eigenvalue weighted by Crippen LogP contribution is 2.76. The molecule has 0 fully saturated rings. The fourth-order valence-electron chi connectivity index (χ4n) is 2.13. The number of unbranched alkanes of at least 4 members (excludes halogenated alkanes) is 2. The minimum Gasteiger partial charge on any atom is -0.381 e. The fourth-order valence-corrected chi connectivity index (χ4v) is 21.3. The zero-order chi connectivity index (χ0) is 17.0. The van der Waals surface area contributed by atoms with Gasteiger partial charge in [-0.15, -0.1) is 8.86 Å². The van der Waals surface area contributed by atoms with Crippen molar-refractivity contribution in [1.29, 1.82) is 0 Å². The van der Waals surface area contributed by atoms with Crippen molar-refractivity contribution in [2.24, 2.45) is 0 Å². The molecule has 2 unspecified atom stereocenters. The summed E-state index contributed by atoms with van der Waals surface area (Å²) in [5, 5.41) is 0.212. The molecule has 0 saturated heterocycles. The van der Waals surface area contributed by atoms with E-state index in [2.05, 4.69) is 40.7 Å². The van der Waals surface area contributed by atoms with E-state index in [1.165, 1.54) is 24.3 Å². The van der Waals surface area contributed by atoms with Gasteiger partial charge >= 0.3 is 0 Å². The Balaban J connectivity index is 3.81. The topological polar surface area (TPSA) is 26.3 Å². The quantitative estimate of drug-likeness (QED) is 0.302. The molecular formula is C15H32O2P4S+2. The van der Waals surface area contributed by atoms with Crippen LogP contribution in [0.25, 0.3) is 0 Å². The number of hydrogen-bond acceptors (Lipinski definition) is 3. The molecule has 0 aromatic rings. The summed E-state index contributed by atoms with van der Waals surface area (Å²) in [6.45, 7) is 10.5. The van der Waals surface area contributed by atoms with Crippen molar-refractivity contribution in [1.82, 2.24) is 0 Å². The third-order valence-electron chi connectivity index (χ3n) is 3.50. The van der Waals surface area contributed by atoms with Crippen LogP contribution in [-0.4, -0.2) is 62.1 Å². The average Bonchev–Trinajstić information content (AvgIpc) is 2.44.